The number of nitrogens with one attached hydrogen (secondary N) is 1. The van der Waals surface area contributed by atoms with Gasteiger partial charge in [0.15, 0.2) is 0 Å². The predicted octanol–water partition coefficient (Wildman–Crippen LogP) is 2.10. The summed E-state index contributed by atoms with van der Waals surface area (Å²) in [7, 11) is 1.61. The number of amides is 1. The summed E-state index contributed by atoms with van der Waals surface area (Å²) in [4.78, 5) is 11.7. The summed E-state index contributed by atoms with van der Waals surface area (Å²) in [6, 6.07) is 7.08. The molecule has 0 heterocycles. The van der Waals surface area contributed by atoms with E-state index in [0.717, 1.165) is 24.3 Å². The second-order valence-electron chi connectivity index (χ2n) is 3.45. The predicted molar refractivity (Wildman–Crippen MR) is 57.8 cm³/mol. The average Bonchev–Trinajstić information content (AvgIpc) is 2.23. The molecule has 1 aromatic rings. The molecule has 2 rings (SSSR count). The highest BCUT2D eigenvalue weighted by Crippen LogP contribution is 2.16. The number of allylic oxidation sites excluding steroid dienone is 2. The first-order chi connectivity index (χ1) is 7.29. The molecule has 15 heavy (non-hydrogen) atoms. The zero-order valence-corrected chi connectivity index (χ0v) is 8.62. The van der Waals surface area contributed by atoms with Crippen molar-refractivity contribution in [3.8, 4) is 5.75 Å². The molecule has 0 atom stereocenters. The third-order valence-electron chi connectivity index (χ3n) is 2.43. The van der Waals surface area contributed by atoms with Gasteiger partial charge < -0.3 is 10.1 Å². The molecule has 1 amide bonds. The van der Waals surface area contributed by atoms with Crippen LogP contribution in [0, 0.1) is 0 Å². The fraction of sp³-hybridized carbons (Fsp3) is 0.250. The normalized spacial score (nSPS) is 13.8. The number of hydrogen-bond donors (Lipinski definition) is 1. The van der Waals surface area contributed by atoms with E-state index in [9.17, 15) is 4.79 Å². The second kappa shape index (κ2) is 4.17. The molecule has 0 aromatic heterocycles. The van der Waals surface area contributed by atoms with Crippen molar-refractivity contribution in [3.05, 3.63) is 41.6 Å². The largest absolute Gasteiger partial charge is 0.497 e. The summed E-state index contributed by atoms with van der Waals surface area (Å²) in [5.41, 5.74) is 1.68. The fourth-order valence-corrected chi connectivity index (χ4v) is 1.36. The van der Waals surface area contributed by atoms with Gasteiger partial charge in [0.25, 0.3) is 5.91 Å². The number of rotatable bonds is 3. The minimum absolute atomic E-state index is 0.0522. The van der Waals surface area contributed by atoms with Crippen molar-refractivity contribution in [2.45, 2.75) is 12.8 Å². The van der Waals surface area contributed by atoms with E-state index in [1.54, 1.807) is 31.4 Å². The van der Waals surface area contributed by atoms with E-state index < -0.39 is 0 Å². The maximum absolute atomic E-state index is 11.7. The van der Waals surface area contributed by atoms with Crippen LogP contribution in [0.25, 0.3) is 0 Å². The van der Waals surface area contributed by atoms with Gasteiger partial charge in [0.05, 0.1) is 7.11 Å². The Morgan fingerprint density at radius 1 is 1.33 bits per heavy atom. The smallest absolute Gasteiger partial charge is 0.255 e. The van der Waals surface area contributed by atoms with Crippen molar-refractivity contribution in [2.24, 2.45) is 0 Å². The molecular weight excluding hydrogens is 190 g/mol. The molecule has 1 N–H and O–H groups in total. The lowest BCUT2D eigenvalue weighted by atomic mass is 10.1. The van der Waals surface area contributed by atoms with E-state index in [4.69, 9.17) is 4.74 Å². The molecule has 0 saturated carbocycles. The molecule has 78 valence electrons. The van der Waals surface area contributed by atoms with Gasteiger partial charge in [0, 0.05) is 11.3 Å². The van der Waals surface area contributed by atoms with E-state index in [2.05, 4.69) is 5.32 Å². The third kappa shape index (κ3) is 2.18. The summed E-state index contributed by atoms with van der Waals surface area (Å²) in [6.07, 6.45) is 4.07. The van der Waals surface area contributed by atoms with Crippen molar-refractivity contribution >= 4 is 5.91 Å². The molecule has 1 aliphatic carbocycles. The Morgan fingerprint density at radius 2 is 2.00 bits per heavy atom. The van der Waals surface area contributed by atoms with Crippen LogP contribution in [-0.2, 0) is 0 Å². The van der Waals surface area contributed by atoms with Crippen LogP contribution in [0.1, 0.15) is 23.2 Å². The topological polar surface area (TPSA) is 38.3 Å². The lowest BCUT2D eigenvalue weighted by Gasteiger charge is -2.15. The molecule has 1 aromatic carbocycles. The SMILES string of the molecule is COc1ccc(C(=O)NC2=CCC2)cc1. The third-order valence-corrected chi connectivity index (χ3v) is 2.43. The van der Waals surface area contributed by atoms with Crippen LogP contribution >= 0.6 is 0 Å². The lowest BCUT2D eigenvalue weighted by molar-refractivity contribution is 0.0963. The lowest BCUT2D eigenvalue weighted by Crippen LogP contribution is -2.25. The highest BCUT2D eigenvalue weighted by atomic mass is 16.5. The van der Waals surface area contributed by atoms with E-state index in [1.807, 2.05) is 6.08 Å². The van der Waals surface area contributed by atoms with E-state index in [1.165, 1.54) is 0 Å². The van der Waals surface area contributed by atoms with Gasteiger partial charge in [-0.1, -0.05) is 6.08 Å². The number of carbonyl (C=O) groups excluding carboxylic acids is 1. The Balaban J connectivity index is 2.04. The molecule has 0 spiro atoms. The Bertz CT molecular complexity index is 393. The van der Waals surface area contributed by atoms with Gasteiger partial charge in [-0.2, -0.15) is 0 Å². The van der Waals surface area contributed by atoms with Crippen molar-refractivity contribution in [2.75, 3.05) is 7.11 Å². The van der Waals surface area contributed by atoms with Gasteiger partial charge >= 0.3 is 0 Å². The van der Waals surface area contributed by atoms with Crippen LogP contribution < -0.4 is 10.1 Å². The van der Waals surface area contributed by atoms with Gasteiger partial charge in [-0.25, -0.2) is 0 Å². The summed E-state index contributed by atoms with van der Waals surface area (Å²) in [6.45, 7) is 0. The molecule has 0 aliphatic heterocycles. The van der Waals surface area contributed by atoms with Crippen LogP contribution in [-0.4, -0.2) is 13.0 Å². The maximum Gasteiger partial charge on any atom is 0.255 e. The molecular formula is C12H13NO2. The van der Waals surface area contributed by atoms with Crippen LogP contribution in [0.4, 0.5) is 0 Å². The van der Waals surface area contributed by atoms with Crippen LogP contribution in [0.3, 0.4) is 0 Å². The first-order valence-corrected chi connectivity index (χ1v) is 4.94. The number of ether oxygens (including phenoxy) is 1. The summed E-state index contributed by atoms with van der Waals surface area (Å²) in [5.74, 6) is 0.706. The number of methoxy groups -OCH3 is 1. The van der Waals surface area contributed by atoms with Crippen LogP contribution in [0.5, 0.6) is 5.75 Å². The highest BCUT2D eigenvalue weighted by molar-refractivity contribution is 5.95. The number of carbonyl (C=O) groups is 1. The Hall–Kier alpha value is -1.77. The standard InChI is InChI=1S/C12H13NO2/c1-15-11-7-5-9(6-8-11)12(14)13-10-3-2-4-10/h3,5-8H,2,4H2,1H3,(H,13,14). The summed E-state index contributed by atoms with van der Waals surface area (Å²) in [5, 5.41) is 2.85. The van der Waals surface area contributed by atoms with Crippen molar-refractivity contribution in [1.29, 1.82) is 0 Å². The van der Waals surface area contributed by atoms with Gasteiger partial charge in [-0.3, -0.25) is 4.79 Å². The molecule has 0 bridgehead atoms. The van der Waals surface area contributed by atoms with Crippen molar-refractivity contribution in [3.63, 3.8) is 0 Å². The van der Waals surface area contributed by atoms with Gasteiger partial charge in [0.1, 0.15) is 5.75 Å². The van der Waals surface area contributed by atoms with Crippen molar-refractivity contribution < 1.29 is 9.53 Å². The molecule has 0 unspecified atom stereocenters. The van der Waals surface area contributed by atoms with Crippen molar-refractivity contribution in [1.82, 2.24) is 5.32 Å². The zero-order chi connectivity index (χ0) is 10.7. The Kier molecular flexibility index (Phi) is 2.72. The second-order valence-corrected chi connectivity index (χ2v) is 3.45. The minimum Gasteiger partial charge on any atom is -0.497 e. The maximum atomic E-state index is 11.7. The van der Waals surface area contributed by atoms with Gasteiger partial charge in [-0.05, 0) is 37.1 Å². The minimum atomic E-state index is -0.0522. The van der Waals surface area contributed by atoms with Crippen LogP contribution in [0.15, 0.2) is 36.0 Å². The summed E-state index contributed by atoms with van der Waals surface area (Å²) >= 11 is 0. The van der Waals surface area contributed by atoms with Gasteiger partial charge in [-0.15, -0.1) is 0 Å². The molecule has 3 heteroatoms. The van der Waals surface area contributed by atoms with Gasteiger partial charge in [0.2, 0.25) is 0 Å². The molecule has 1 aliphatic rings. The number of hydrogen-bond acceptors (Lipinski definition) is 2. The average molecular weight is 203 g/mol. The quantitative estimate of drug-likeness (QED) is 0.817. The first kappa shape index (κ1) is 9.77. The molecule has 0 saturated heterocycles. The van der Waals surface area contributed by atoms with E-state index in [0.29, 0.717) is 5.56 Å². The summed E-state index contributed by atoms with van der Waals surface area (Å²) < 4.78 is 5.02. The first-order valence-electron chi connectivity index (χ1n) is 4.94. The monoisotopic (exact) mass is 203 g/mol. The van der Waals surface area contributed by atoms with Crippen LogP contribution in [0.2, 0.25) is 0 Å². The molecule has 0 fully saturated rings. The highest BCUT2D eigenvalue weighted by Gasteiger charge is 2.11. The molecule has 0 radical (unpaired) electrons. The Morgan fingerprint density at radius 3 is 2.47 bits per heavy atom. The van der Waals surface area contributed by atoms with E-state index in [-0.39, 0.29) is 5.91 Å². The zero-order valence-electron chi connectivity index (χ0n) is 8.62. The fourth-order valence-electron chi connectivity index (χ4n) is 1.36. The molecule has 3 nitrogen and oxygen atoms in total. The Labute approximate surface area is 88.8 Å². The number of benzene rings is 1. The van der Waals surface area contributed by atoms with E-state index >= 15 is 0 Å².